The first-order valence-corrected chi connectivity index (χ1v) is 9.70. The highest BCUT2D eigenvalue weighted by Crippen LogP contribution is 2.53. The predicted molar refractivity (Wildman–Crippen MR) is 106 cm³/mol. The Morgan fingerprint density at radius 2 is 1.63 bits per heavy atom. The topological polar surface area (TPSA) is 101 Å². The van der Waals surface area contributed by atoms with Crippen LogP contribution in [0.2, 0.25) is 0 Å². The Kier molecular flexibility index (Phi) is 3.08. The van der Waals surface area contributed by atoms with E-state index >= 15 is 0 Å². The van der Waals surface area contributed by atoms with Gasteiger partial charge in [0.1, 0.15) is 17.4 Å². The van der Waals surface area contributed by atoms with E-state index in [1.165, 1.54) is 4.57 Å². The van der Waals surface area contributed by atoms with Gasteiger partial charge < -0.3 is 5.32 Å². The van der Waals surface area contributed by atoms with E-state index in [9.17, 15) is 19.2 Å². The number of fused-ring (bicyclic) bond motifs is 2. The third-order valence-electron chi connectivity index (χ3n) is 6.53. The van der Waals surface area contributed by atoms with Crippen LogP contribution in [0.25, 0.3) is 10.9 Å². The molecule has 2 saturated heterocycles. The van der Waals surface area contributed by atoms with E-state index < -0.39 is 41.1 Å². The van der Waals surface area contributed by atoms with E-state index in [4.69, 9.17) is 0 Å². The molecule has 2 fully saturated rings. The summed E-state index contributed by atoms with van der Waals surface area (Å²) in [4.78, 5) is 58.9. The van der Waals surface area contributed by atoms with Crippen molar-refractivity contribution in [3.8, 4) is 0 Å². The molecule has 3 amide bonds. The maximum Gasteiger partial charge on any atom is 0.262 e. The molecule has 0 spiro atoms. The Morgan fingerprint density at radius 3 is 2.40 bits per heavy atom. The largest absolute Gasteiger partial charge is 0.341 e. The lowest BCUT2D eigenvalue weighted by Crippen LogP contribution is -2.68. The molecule has 7 rings (SSSR count). The average molecular weight is 400 g/mol. The molecular weight excluding hydrogens is 384 g/mol. The predicted octanol–water partition coefficient (Wildman–Crippen LogP) is 1.10. The number of hydrogen-bond donors (Lipinski definition) is 1. The standard InChI is InChI=1S/C22H16N4O4/c1-22-15-14(19(29)25(20(15)30)11-7-3-2-4-8-11)16(17(27)24-22)26-18(28)12-9-5-6-10-13(12)23-21(22)26/h2-10,14-16H,1H3,(H,24,27)/t14-,15-,16-,22+/m0/s1. The molecular formula is C22H16N4O4. The molecule has 4 aliphatic rings. The first kappa shape index (κ1) is 17.1. The smallest absolute Gasteiger partial charge is 0.262 e. The molecule has 0 aliphatic carbocycles. The fraction of sp³-hybridized carbons (Fsp3) is 0.227. The summed E-state index contributed by atoms with van der Waals surface area (Å²) >= 11 is 0. The number of hydrogen-bond acceptors (Lipinski definition) is 5. The SMILES string of the molecule is C[C@@]12NC(=O)[C@H]([C@H]3C(=O)N(c4ccccc4)C(=O)[C@H]31)n1c2nc2ccccc2c1=O. The minimum atomic E-state index is -1.27. The van der Waals surface area contributed by atoms with E-state index in [-0.39, 0.29) is 5.56 Å². The second-order valence-electron chi connectivity index (χ2n) is 8.12. The first-order valence-electron chi connectivity index (χ1n) is 9.70. The van der Waals surface area contributed by atoms with E-state index in [1.807, 2.05) is 0 Å². The summed E-state index contributed by atoms with van der Waals surface area (Å²) in [6.45, 7) is 1.67. The fourth-order valence-corrected chi connectivity index (χ4v) is 5.26. The Hall–Kier alpha value is -3.81. The van der Waals surface area contributed by atoms with Crippen LogP contribution < -0.4 is 15.8 Å². The minimum Gasteiger partial charge on any atom is -0.341 e. The van der Waals surface area contributed by atoms with Gasteiger partial charge in [-0.2, -0.15) is 0 Å². The summed E-state index contributed by atoms with van der Waals surface area (Å²) in [5, 5.41) is 3.25. The summed E-state index contributed by atoms with van der Waals surface area (Å²) in [7, 11) is 0. The molecule has 2 bridgehead atoms. The summed E-state index contributed by atoms with van der Waals surface area (Å²) in [6.07, 6.45) is 0. The number of rotatable bonds is 1. The lowest BCUT2D eigenvalue weighted by atomic mass is 9.67. The van der Waals surface area contributed by atoms with Gasteiger partial charge in [0.2, 0.25) is 17.7 Å². The van der Waals surface area contributed by atoms with Crippen LogP contribution in [0.3, 0.4) is 0 Å². The molecule has 2 aromatic carbocycles. The molecule has 148 valence electrons. The van der Waals surface area contributed by atoms with Gasteiger partial charge in [0.15, 0.2) is 0 Å². The van der Waals surface area contributed by atoms with Crippen LogP contribution in [-0.2, 0) is 19.9 Å². The third kappa shape index (κ3) is 1.84. The minimum absolute atomic E-state index is 0.313. The Morgan fingerprint density at radius 1 is 0.933 bits per heavy atom. The molecule has 1 aromatic heterocycles. The van der Waals surface area contributed by atoms with Crippen LogP contribution in [0.15, 0.2) is 59.4 Å². The number of imide groups is 1. The molecule has 4 aliphatic heterocycles. The Bertz CT molecular complexity index is 1350. The molecule has 8 nitrogen and oxygen atoms in total. The summed E-state index contributed by atoms with van der Waals surface area (Å²) in [5.41, 5.74) is -0.703. The van der Waals surface area contributed by atoms with Crippen LogP contribution in [-0.4, -0.2) is 27.3 Å². The average Bonchev–Trinajstić information content (AvgIpc) is 3.01. The van der Waals surface area contributed by atoms with Gasteiger partial charge in [-0.15, -0.1) is 0 Å². The van der Waals surface area contributed by atoms with E-state index in [0.717, 1.165) is 4.90 Å². The van der Waals surface area contributed by atoms with Crippen LogP contribution in [0.5, 0.6) is 0 Å². The van der Waals surface area contributed by atoms with Crippen LogP contribution in [0.4, 0.5) is 5.69 Å². The van der Waals surface area contributed by atoms with Gasteiger partial charge in [0.05, 0.1) is 28.4 Å². The number of anilines is 1. The van der Waals surface area contributed by atoms with Crippen molar-refractivity contribution >= 4 is 34.3 Å². The molecule has 1 N–H and O–H groups in total. The van der Waals surface area contributed by atoms with E-state index in [0.29, 0.717) is 22.4 Å². The van der Waals surface area contributed by atoms with Crippen molar-refractivity contribution in [2.75, 3.05) is 4.90 Å². The number of piperidine rings is 1. The van der Waals surface area contributed by atoms with Crippen molar-refractivity contribution in [3.63, 3.8) is 0 Å². The second kappa shape index (κ2) is 5.41. The van der Waals surface area contributed by atoms with E-state index in [2.05, 4.69) is 10.3 Å². The van der Waals surface area contributed by atoms with Gasteiger partial charge in [0.25, 0.3) is 5.56 Å². The molecule has 5 heterocycles. The van der Waals surface area contributed by atoms with Gasteiger partial charge >= 0.3 is 0 Å². The molecule has 0 radical (unpaired) electrons. The molecule has 3 aromatic rings. The highest BCUT2D eigenvalue weighted by Gasteiger charge is 2.69. The number of carbonyl (C=O) groups excluding carboxylic acids is 3. The van der Waals surface area contributed by atoms with Crippen molar-refractivity contribution in [2.45, 2.75) is 18.5 Å². The maximum absolute atomic E-state index is 13.4. The van der Waals surface area contributed by atoms with Gasteiger partial charge in [-0.05, 0) is 31.2 Å². The number of amides is 3. The molecule has 0 saturated carbocycles. The summed E-state index contributed by atoms with van der Waals surface area (Å²) < 4.78 is 1.32. The number of nitrogens with zero attached hydrogens (tertiary/aromatic N) is 3. The highest BCUT2D eigenvalue weighted by atomic mass is 16.2. The normalized spacial score (nSPS) is 29.2. The van der Waals surface area contributed by atoms with Crippen LogP contribution >= 0.6 is 0 Å². The molecule has 4 atom stereocenters. The Labute approximate surface area is 170 Å². The number of aromatic nitrogens is 2. The van der Waals surface area contributed by atoms with Crippen molar-refractivity contribution in [3.05, 3.63) is 70.8 Å². The zero-order valence-electron chi connectivity index (χ0n) is 15.9. The summed E-state index contributed by atoms with van der Waals surface area (Å²) in [5.74, 6) is -2.77. The number of nitrogens with one attached hydrogen (secondary N) is 1. The van der Waals surface area contributed by atoms with Gasteiger partial charge in [0, 0.05) is 0 Å². The van der Waals surface area contributed by atoms with Crippen LogP contribution in [0.1, 0.15) is 18.8 Å². The highest BCUT2D eigenvalue weighted by molar-refractivity contribution is 6.24. The lowest BCUT2D eigenvalue weighted by molar-refractivity contribution is -0.147. The summed E-state index contributed by atoms with van der Waals surface area (Å²) in [6, 6.07) is 14.4. The maximum atomic E-state index is 13.4. The lowest BCUT2D eigenvalue weighted by Gasteiger charge is -2.50. The number of para-hydroxylation sites is 2. The zero-order chi connectivity index (χ0) is 20.8. The molecule has 8 heteroatoms. The van der Waals surface area contributed by atoms with Crippen LogP contribution in [0, 0.1) is 11.8 Å². The van der Waals surface area contributed by atoms with Crippen molar-refractivity contribution in [1.29, 1.82) is 0 Å². The third-order valence-corrected chi connectivity index (χ3v) is 6.53. The monoisotopic (exact) mass is 400 g/mol. The first-order chi connectivity index (χ1) is 14.4. The fourth-order valence-electron chi connectivity index (χ4n) is 5.26. The van der Waals surface area contributed by atoms with Gasteiger partial charge in [-0.25, -0.2) is 9.88 Å². The van der Waals surface area contributed by atoms with Crippen molar-refractivity contribution in [2.24, 2.45) is 11.8 Å². The molecule has 30 heavy (non-hydrogen) atoms. The second-order valence-corrected chi connectivity index (χ2v) is 8.12. The Balaban J connectivity index is 1.64. The van der Waals surface area contributed by atoms with Gasteiger partial charge in [-0.3, -0.25) is 23.7 Å². The van der Waals surface area contributed by atoms with E-state index in [1.54, 1.807) is 61.5 Å². The van der Waals surface area contributed by atoms with Gasteiger partial charge in [-0.1, -0.05) is 30.3 Å². The number of carbonyl (C=O) groups is 3. The number of benzene rings is 2. The zero-order valence-corrected chi connectivity index (χ0v) is 15.9. The quantitative estimate of drug-likeness (QED) is 0.617. The van der Waals surface area contributed by atoms with Crippen molar-refractivity contribution < 1.29 is 14.4 Å². The van der Waals surface area contributed by atoms with Crippen molar-refractivity contribution in [1.82, 2.24) is 14.9 Å². The molecule has 0 unspecified atom stereocenters.